The van der Waals surface area contributed by atoms with Gasteiger partial charge in [-0.15, -0.1) is 0 Å². The number of halogens is 5. The second-order valence-corrected chi connectivity index (χ2v) is 7.15. The maximum absolute atomic E-state index is 13.5. The summed E-state index contributed by atoms with van der Waals surface area (Å²) in [5, 5.41) is 0. The van der Waals surface area contributed by atoms with Crippen LogP contribution >= 0.6 is 63.7 Å². The summed E-state index contributed by atoms with van der Waals surface area (Å²) in [7, 11) is 0. The Bertz CT molecular complexity index is 581. The van der Waals surface area contributed by atoms with Crippen molar-refractivity contribution in [3.8, 4) is 0 Å². The molecule has 0 aromatic heterocycles. The molecule has 0 fully saturated rings. The zero-order chi connectivity index (χ0) is 13.3. The van der Waals surface area contributed by atoms with Crippen LogP contribution in [0.2, 0.25) is 0 Å². The zero-order valence-electron chi connectivity index (χ0n) is 8.93. The van der Waals surface area contributed by atoms with Gasteiger partial charge in [0.15, 0.2) is 0 Å². The lowest BCUT2D eigenvalue weighted by molar-refractivity contribution is 0.618. The Hall–Kier alpha value is 0.290. The highest BCUT2D eigenvalue weighted by Gasteiger charge is 2.18. The fourth-order valence-corrected chi connectivity index (χ4v) is 4.31. The van der Waals surface area contributed by atoms with E-state index in [1.54, 1.807) is 6.07 Å². The molecule has 0 nitrogen and oxygen atoms in total. The van der Waals surface area contributed by atoms with Crippen LogP contribution in [-0.2, 0) is 0 Å². The molecular weight excluding hydrogens is 495 g/mol. The largest absolute Gasteiger partial charge is 0.206 e. The van der Waals surface area contributed by atoms with Crippen LogP contribution in [0.15, 0.2) is 49.8 Å². The molecule has 94 valence electrons. The highest BCUT2D eigenvalue weighted by atomic mass is 79.9. The summed E-state index contributed by atoms with van der Waals surface area (Å²) >= 11 is 13.9. The van der Waals surface area contributed by atoms with Crippen molar-refractivity contribution >= 4 is 63.7 Å². The maximum atomic E-state index is 13.5. The molecule has 1 unspecified atom stereocenters. The highest BCUT2D eigenvalue weighted by Crippen LogP contribution is 2.40. The molecule has 2 rings (SSSR count). The number of hydrogen-bond acceptors (Lipinski definition) is 0. The van der Waals surface area contributed by atoms with Crippen molar-refractivity contribution in [2.45, 2.75) is 4.83 Å². The van der Waals surface area contributed by atoms with Gasteiger partial charge in [0.05, 0.1) is 9.30 Å². The predicted octanol–water partition coefficient (Wildman–Crippen LogP) is 6.60. The monoisotopic (exact) mass is 498 g/mol. The highest BCUT2D eigenvalue weighted by molar-refractivity contribution is 9.11. The molecule has 2 aromatic carbocycles. The number of alkyl halides is 1. The van der Waals surface area contributed by atoms with E-state index in [2.05, 4.69) is 63.7 Å². The van der Waals surface area contributed by atoms with Crippen LogP contribution in [0.25, 0.3) is 0 Å². The summed E-state index contributed by atoms with van der Waals surface area (Å²) < 4.78 is 16.0. The summed E-state index contributed by atoms with van der Waals surface area (Å²) in [5.74, 6) is -0.261. The molecule has 0 heterocycles. The molecule has 0 radical (unpaired) electrons. The predicted molar refractivity (Wildman–Crippen MR) is 86.7 cm³/mol. The fourth-order valence-electron chi connectivity index (χ4n) is 1.59. The van der Waals surface area contributed by atoms with Gasteiger partial charge in [0.25, 0.3) is 0 Å². The first-order valence-corrected chi connectivity index (χ1v) is 8.33. The van der Waals surface area contributed by atoms with Crippen molar-refractivity contribution in [3.05, 3.63) is 66.8 Å². The van der Waals surface area contributed by atoms with Gasteiger partial charge < -0.3 is 0 Å². The third kappa shape index (κ3) is 3.06. The van der Waals surface area contributed by atoms with E-state index in [1.165, 1.54) is 6.07 Å². The minimum absolute atomic E-state index is 0.0885. The first kappa shape index (κ1) is 14.7. The molecule has 0 N–H and O–H groups in total. The van der Waals surface area contributed by atoms with Crippen LogP contribution in [0.5, 0.6) is 0 Å². The van der Waals surface area contributed by atoms with Crippen molar-refractivity contribution in [1.82, 2.24) is 0 Å². The SMILES string of the molecule is Fc1cccc(C(Br)c2cc(Br)ccc2Br)c1Br. The van der Waals surface area contributed by atoms with Crippen LogP contribution < -0.4 is 0 Å². The Labute approximate surface area is 138 Å². The van der Waals surface area contributed by atoms with Gasteiger partial charge in [-0.3, -0.25) is 0 Å². The van der Waals surface area contributed by atoms with E-state index in [0.717, 1.165) is 20.1 Å². The van der Waals surface area contributed by atoms with E-state index in [-0.39, 0.29) is 10.6 Å². The molecule has 2 aromatic rings. The van der Waals surface area contributed by atoms with Gasteiger partial charge in [0.2, 0.25) is 0 Å². The Morgan fingerprint density at radius 2 is 1.67 bits per heavy atom. The van der Waals surface area contributed by atoms with Gasteiger partial charge in [-0.05, 0) is 51.3 Å². The normalized spacial score (nSPS) is 12.5. The Balaban J connectivity index is 2.51. The van der Waals surface area contributed by atoms with E-state index in [1.807, 2.05) is 24.3 Å². The number of hydrogen-bond donors (Lipinski definition) is 0. The summed E-state index contributed by atoms with van der Waals surface area (Å²) in [6, 6.07) is 10.9. The zero-order valence-corrected chi connectivity index (χ0v) is 15.3. The van der Waals surface area contributed by atoms with E-state index < -0.39 is 0 Å². The quantitative estimate of drug-likeness (QED) is 0.407. The molecule has 0 saturated carbocycles. The summed E-state index contributed by atoms with van der Waals surface area (Å²) in [4.78, 5) is -0.0885. The Morgan fingerprint density at radius 1 is 0.944 bits per heavy atom. The van der Waals surface area contributed by atoms with Crippen LogP contribution in [0, 0.1) is 5.82 Å². The van der Waals surface area contributed by atoms with E-state index in [4.69, 9.17) is 0 Å². The molecule has 0 amide bonds. The lowest BCUT2D eigenvalue weighted by Gasteiger charge is -2.15. The molecule has 0 saturated heterocycles. The van der Waals surface area contributed by atoms with Gasteiger partial charge in [-0.1, -0.05) is 59.9 Å². The average molecular weight is 502 g/mol. The topological polar surface area (TPSA) is 0 Å². The molecule has 0 aliphatic carbocycles. The first-order valence-electron chi connectivity index (χ1n) is 5.03. The molecule has 1 atom stereocenters. The number of rotatable bonds is 2. The van der Waals surface area contributed by atoms with Crippen LogP contribution in [0.4, 0.5) is 4.39 Å². The van der Waals surface area contributed by atoms with E-state index >= 15 is 0 Å². The molecule has 5 heteroatoms. The van der Waals surface area contributed by atoms with Crippen molar-refractivity contribution in [1.29, 1.82) is 0 Å². The molecule has 0 aliphatic rings. The first-order chi connectivity index (χ1) is 8.50. The molecule has 0 aliphatic heterocycles. The van der Waals surface area contributed by atoms with Crippen LogP contribution in [0.1, 0.15) is 16.0 Å². The lowest BCUT2D eigenvalue weighted by atomic mass is 10.0. The Morgan fingerprint density at radius 3 is 2.39 bits per heavy atom. The summed E-state index contributed by atoms with van der Waals surface area (Å²) in [5.41, 5.74) is 1.89. The van der Waals surface area contributed by atoms with Crippen molar-refractivity contribution < 1.29 is 4.39 Å². The molecular formula is C13H7Br4F. The summed E-state index contributed by atoms with van der Waals surface area (Å²) in [6.45, 7) is 0. The lowest BCUT2D eigenvalue weighted by Crippen LogP contribution is -1.97. The number of benzene rings is 2. The second-order valence-electron chi connectivity index (χ2n) is 3.67. The minimum atomic E-state index is -0.261. The van der Waals surface area contributed by atoms with Gasteiger partial charge in [-0.2, -0.15) is 0 Å². The third-order valence-corrected chi connectivity index (χ3v) is 5.52. The third-order valence-electron chi connectivity index (χ3n) is 2.49. The minimum Gasteiger partial charge on any atom is -0.206 e. The smallest absolute Gasteiger partial charge is 0.137 e. The fraction of sp³-hybridized carbons (Fsp3) is 0.0769. The van der Waals surface area contributed by atoms with Gasteiger partial charge in [0, 0.05) is 8.95 Å². The van der Waals surface area contributed by atoms with Crippen molar-refractivity contribution in [3.63, 3.8) is 0 Å². The maximum Gasteiger partial charge on any atom is 0.137 e. The second kappa shape index (κ2) is 6.16. The van der Waals surface area contributed by atoms with E-state index in [9.17, 15) is 4.39 Å². The average Bonchev–Trinajstić information content (AvgIpc) is 2.35. The standard InChI is InChI=1S/C13H7Br4F/c14-7-4-5-10(15)9(6-7)12(16)8-2-1-3-11(18)13(8)17/h1-6,12H. The van der Waals surface area contributed by atoms with Gasteiger partial charge >= 0.3 is 0 Å². The van der Waals surface area contributed by atoms with Crippen molar-refractivity contribution in [2.75, 3.05) is 0 Å². The molecule has 18 heavy (non-hydrogen) atoms. The Kier molecular flexibility index (Phi) is 5.03. The summed E-state index contributed by atoms with van der Waals surface area (Å²) in [6.07, 6.45) is 0. The van der Waals surface area contributed by atoms with Gasteiger partial charge in [0.1, 0.15) is 5.82 Å². The van der Waals surface area contributed by atoms with Gasteiger partial charge in [-0.25, -0.2) is 4.39 Å². The molecule has 0 bridgehead atoms. The van der Waals surface area contributed by atoms with E-state index in [0.29, 0.717) is 4.47 Å². The molecule has 0 spiro atoms. The van der Waals surface area contributed by atoms with Crippen LogP contribution in [0.3, 0.4) is 0 Å². The van der Waals surface area contributed by atoms with Crippen LogP contribution in [-0.4, -0.2) is 0 Å². The van der Waals surface area contributed by atoms with Crippen molar-refractivity contribution in [2.24, 2.45) is 0 Å².